The molecule has 1 aromatic rings. The van der Waals surface area contributed by atoms with Gasteiger partial charge in [0, 0.05) is 31.9 Å². The molecule has 1 amide bonds. The third-order valence-electron chi connectivity index (χ3n) is 6.04. The molecular formula is C20H34N4O4S. The van der Waals surface area contributed by atoms with Gasteiger partial charge in [0.05, 0.1) is 13.2 Å². The lowest BCUT2D eigenvalue weighted by atomic mass is 9.94. The number of hydrogen-bond acceptors (Lipinski definition) is 5. The fourth-order valence-corrected chi connectivity index (χ4v) is 5.43. The standard InChI is InChI=1S/C20H34N4O4S/c1-15(2)19(23-6-4-16(3)5-7-23)14-22-20(25)18-12-17(13-21-18)29(26,27)24-8-10-28-11-9-24/h12-13,15-16,19,21H,4-11,14H2,1-3H3,(H,22,25). The van der Waals surface area contributed by atoms with Crippen molar-refractivity contribution in [2.24, 2.45) is 11.8 Å². The Bertz CT molecular complexity index is 778. The summed E-state index contributed by atoms with van der Waals surface area (Å²) in [5, 5.41) is 2.99. The van der Waals surface area contributed by atoms with Gasteiger partial charge in [-0.2, -0.15) is 4.31 Å². The Hall–Kier alpha value is -1.42. The molecule has 0 aromatic carbocycles. The summed E-state index contributed by atoms with van der Waals surface area (Å²) in [6.07, 6.45) is 3.78. The van der Waals surface area contributed by atoms with Crippen LogP contribution in [0.2, 0.25) is 0 Å². The monoisotopic (exact) mass is 426 g/mol. The molecule has 2 fully saturated rings. The van der Waals surface area contributed by atoms with E-state index in [4.69, 9.17) is 4.74 Å². The first-order valence-electron chi connectivity index (χ1n) is 10.6. The van der Waals surface area contributed by atoms with E-state index in [1.165, 1.54) is 29.4 Å². The number of morpholine rings is 1. The molecule has 2 N–H and O–H groups in total. The Balaban J connectivity index is 1.60. The maximum Gasteiger partial charge on any atom is 0.267 e. The number of nitrogens with one attached hydrogen (secondary N) is 2. The molecule has 8 nitrogen and oxygen atoms in total. The van der Waals surface area contributed by atoms with Gasteiger partial charge in [0.25, 0.3) is 5.91 Å². The first kappa shape index (κ1) is 22.3. The summed E-state index contributed by atoms with van der Waals surface area (Å²) in [7, 11) is -3.61. The zero-order valence-electron chi connectivity index (χ0n) is 17.7. The van der Waals surface area contributed by atoms with Crippen molar-refractivity contribution in [2.75, 3.05) is 45.9 Å². The van der Waals surface area contributed by atoms with Gasteiger partial charge in [0.15, 0.2) is 0 Å². The molecule has 2 aliphatic rings. The van der Waals surface area contributed by atoms with Gasteiger partial charge < -0.3 is 15.0 Å². The van der Waals surface area contributed by atoms with Crippen LogP contribution in [0, 0.1) is 11.8 Å². The lowest BCUT2D eigenvalue weighted by Crippen LogP contribution is -2.49. The van der Waals surface area contributed by atoms with E-state index in [2.05, 4.69) is 36.0 Å². The van der Waals surface area contributed by atoms with Crippen LogP contribution in [0.5, 0.6) is 0 Å². The molecule has 0 spiro atoms. The number of nitrogens with zero attached hydrogens (tertiary/aromatic N) is 2. The molecule has 0 saturated carbocycles. The molecule has 29 heavy (non-hydrogen) atoms. The second kappa shape index (κ2) is 9.59. The van der Waals surface area contributed by atoms with Crippen molar-refractivity contribution in [3.63, 3.8) is 0 Å². The van der Waals surface area contributed by atoms with Crippen LogP contribution in [0.1, 0.15) is 44.1 Å². The van der Waals surface area contributed by atoms with Crippen molar-refractivity contribution in [3.8, 4) is 0 Å². The lowest BCUT2D eigenvalue weighted by Gasteiger charge is -2.38. The first-order chi connectivity index (χ1) is 13.8. The fraction of sp³-hybridized carbons (Fsp3) is 0.750. The Labute approximate surface area is 174 Å². The van der Waals surface area contributed by atoms with Crippen molar-refractivity contribution in [1.29, 1.82) is 0 Å². The molecule has 9 heteroatoms. The predicted molar refractivity (Wildman–Crippen MR) is 111 cm³/mol. The maximum atomic E-state index is 12.7. The smallest absolute Gasteiger partial charge is 0.267 e. The Kier molecular flexibility index (Phi) is 7.37. The third kappa shape index (κ3) is 5.39. The van der Waals surface area contributed by atoms with Gasteiger partial charge in [-0.25, -0.2) is 8.42 Å². The minimum atomic E-state index is -3.61. The van der Waals surface area contributed by atoms with Crippen LogP contribution in [0.3, 0.4) is 0 Å². The Morgan fingerprint density at radius 1 is 1.24 bits per heavy atom. The highest BCUT2D eigenvalue weighted by Crippen LogP contribution is 2.21. The summed E-state index contributed by atoms with van der Waals surface area (Å²) >= 11 is 0. The van der Waals surface area contributed by atoms with Crippen LogP contribution in [-0.4, -0.2) is 80.5 Å². The lowest BCUT2D eigenvalue weighted by molar-refractivity contribution is 0.0730. The molecule has 3 heterocycles. The van der Waals surface area contributed by atoms with Gasteiger partial charge in [-0.05, 0) is 43.8 Å². The van der Waals surface area contributed by atoms with E-state index >= 15 is 0 Å². The number of rotatable bonds is 7. The third-order valence-corrected chi connectivity index (χ3v) is 7.91. The summed E-state index contributed by atoms with van der Waals surface area (Å²) in [6, 6.07) is 1.70. The molecule has 1 aromatic heterocycles. The highest BCUT2D eigenvalue weighted by molar-refractivity contribution is 7.89. The quantitative estimate of drug-likeness (QED) is 0.689. The molecule has 0 radical (unpaired) electrons. The van der Waals surface area contributed by atoms with E-state index in [1.54, 1.807) is 0 Å². The van der Waals surface area contributed by atoms with Gasteiger partial charge >= 0.3 is 0 Å². The largest absolute Gasteiger partial charge is 0.379 e. The average Bonchev–Trinajstić information content (AvgIpc) is 3.21. The summed E-state index contributed by atoms with van der Waals surface area (Å²) in [6.45, 7) is 10.8. The number of aromatic amines is 1. The highest BCUT2D eigenvalue weighted by atomic mass is 32.2. The molecule has 2 saturated heterocycles. The average molecular weight is 427 g/mol. The topological polar surface area (TPSA) is 94.7 Å². The van der Waals surface area contributed by atoms with Crippen molar-refractivity contribution in [1.82, 2.24) is 19.5 Å². The number of carbonyl (C=O) groups is 1. The van der Waals surface area contributed by atoms with E-state index in [1.807, 2.05) is 0 Å². The number of aromatic nitrogens is 1. The van der Waals surface area contributed by atoms with Crippen molar-refractivity contribution < 1.29 is 17.9 Å². The molecule has 1 unspecified atom stereocenters. The number of carbonyl (C=O) groups excluding carboxylic acids is 1. The fourth-order valence-electron chi connectivity index (χ4n) is 4.03. The predicted octanol–water partition coefficient (Wildman–Crippen LogP) is 1.52. The molecule has 3 rings (SSSR count). The number of piperidine rings is 1. The Morgan fingerprint density at radius 3 is 2.52 bits per heavy atom. The minimum Gasteiger partial charge on any atom is -0.379 e. The summed E-state index contributed by atoms with van der Waals surface area (Å²) in [5.74, 6) is 0.911. The number of hydrogen-bond donors (Lipinski definition) is 2. The number of likely N-dealkylation sites (tertiary alicyclic amines) is 1. The minimum absolute atomic E-state index is 0.120. The Morgan fingerprint density at radius 2 is 1.90 bits per heavy atom. The van der Waals surface area contributed by atoms with Gasteiger partial charge in [0.2, 0.25) is 10.0 Å². The first-order valence-corrected chi connectivity index (χ1v) is 12.0. The van der Waals surface area contributed by atoms with E-state index in [9.17, 15) is 13.2 Å². The molecule has 164 valence electrons. The molecule has 2 aliphatic heterocycles. The second-order valence-electron chi connectivity index (χ2n) is 8.51. The SMILES string of the molecule is CC1CCN(C(CNC(=O)c2cc(S(=O)(=O)N3CCOCC3)c[nH]2)C(C)C)CC1. The number of sulfonamides is 1. The molecule has 1 atom stereocenters. The molecule has 0 aliphatic carbocycles. The van der Waals surface area contributed by atoms with Crippen LogP contribution in [-0.2, 0) is 14.8 Å². The van der Waals surface area contributed by atoms with E-state index in [-0.39, 0.29) is 22.5 Å². The summed E-state index contributed by atoms with van der Waals surface area (Å²) in [5.41, 5.74) is 0.270. The summed E-state index contributed by atoms with van der Waals surface area (Å²) < 4.78 is 32.1. The van der Waals surface area contributed by atoms with Gasteiger partial charge in [-0.15, -0.1) is 0 Å². The maximum absolute atomic E-state index is 12.7. The highest BCUT2D eigenvalue weighted by Gasteiger charge is 2.29. The van der Waals surface area contributed by atoms with Crippen LogP contribution >= 0.6 is 0 Å². The normalized spacial score (nSPS) is 21.4. The van der Waals surface area contributed by atoms with E-state index < -0.39 is 10.0 Å². The van der Waals surface area contributed by atoms with Crippen molar-refractivity contribution in [2.45, 2.75) is 44.6 Å². The van der Waals surface area contributed by atoms with Crippen LogP contribution in [0.15, 0.2) is 17.2 Å². The zero-order valence-corrected chi connectivity index (χ0v) is 18.5. The van der Waals surface area contributed by atoms with E-state index in [0.29, 0.717) is 38.8 Å². The second-order valence-corrected chi connectivity index (χ2v) is 10.4. The number of amides is 1. The van der Waals surface area contributed by atoms with Crippen LogP contribution in [0.4, 0.5) is 0 Å². The summed E-state index contributed by atoms with van der Waals surface area (Å²) in [4.78, 5) is 18.0. The number of ether oxygens (including phenoxy) is 1. The number of H-pyrrole nitrogens is 1. The van der Waals surface area contributed by atoms with Gasteiger partial charge in [-0.1, -0.05) is 20.8 Å². The van der Waals surface area contributed by atoms with Gasteiger partial charge in [0.1, 0.15) is 10.6 Å². The molecule has 0 bridgehead atoms. The van der Waals surface area contributed by atoms with Crippen molar-refractivity contribution >= 4 is 15.9 Å². The van der Waals surface area contributed by atoms with Gasteiger partial charge in [-0.3, -0.25) is 9.69 Å². The van der Waals surface area contributed by atoms with Crippen LogP contribution < -0.4 is 5.32 Å². The van der Waals surface area contributed by atoms with E-state index in [0.717, 1.165) is 19.0 Å². The van der Waals surface area contributed by atoms with Crippen molar-refractivity contribution in [3.05, 3.63) is 18.0 Å². The molecular weight excluding hydrogens is 392 g/mol. The zero-order chi connectivity index (χ0) is 21.0. The van der Waals surface area contributed by atoms with Crippen LogP contribution in [0.25, 0.3) is 0 Å².